The Hall–Kier alpha value is -0.970. The van der Waals surface area contributed by atoms with Crippen LogP contribution in [0.1, 0.15) is 32.4 Å². The molecular formula is C15H24FNO2. The molecule has 4 heteroatoms. The summed E-state index contributed by atoms with van der Waals surface area (Å²) in [6, 6.07) is 6.13. The summed E-state index contributed by atoms with van der Waals surface area (Å²) >= 11 is 0. The highest BCUT2D eigenvalue weighted by Crippen LogP contribution is 2.13. The molecule has 0 heterocycles. The minimum atomic E-state index is -0.636. The van der Waals surface area contributed by atoms with Gasteiger partial charge in [-0.2, -0.15) is 0 Å². The van der Waals surface area contributed by atoms with Crippen molar-refractivity contribution >= 4 is 0 Å². The van der Waals surface area contributed by atoms with Gasteiger partial charge in [0, 0.05) is 19.2 Å². The van der Waals surface area contributed by atoms with Gasteiger partial charge in [-0.05, 0) is 30.5 Å². The first-order valence-electron chi connectivity index (χ1n) is 6.79. The van der Waals surface area contributed by atoms with E-state index in [9.17, 15) is 9.50 Å². The molecule has 0 amide bonds. The van der Waals surface area contributed by atoms with Crippen molar-refractivity contribution in [2.24, 2.45) is 5.92 Å². The van der Waals surface area contributed by atoms with Gasteiger partial charge in [0.25, 0.3) is 0 Å². The van der Waals surface area contributed by atoms with Crippen LogP contribution < -0.4 is 5.32 Å². The van der Waals surface area contributed by atoms with Crippen molar-refractivity contribution in [2.45, 2.75) is 32.9 Å². The van der Waals surface area contributed by atoms with Crippen LogP contribution in [0, 0.1) is 11.7 Å². The molecule has 1 aromatic rings. The number of ether oxygens (including phenoxy) is 1. The van der Waals surface area contributed by atoms with Gasteiger partial charge in [-0.3, -0.25) is 0 Å². The van der Waals surface area contributed by atoms with Crippen LogP contribution in [0.15, 0.2) is 24.3 Å². The lowest BCUT2D eigenvalue weighted by Crippen LogP contribution is -2.40. The molecule has 0 saturated carbocycles. The maximum absolute atomic E-state index is 12.8. The quantitative estimate of drug-likeness (QED) is 0.762. The number of rotatable bonds is 8. The number of benzene rings is 1. The Morgan fingerprint density at radius 1 is 1.26 bits per heavy atom. The Balaban J connectivity index is 2.46. The molecule has 108 valence electrons. The molecule has 0 radical (unpaired) electrons. The third-order valence-corrected chi connectivity index (χ3v) is 3.13. The molecule has 0 spiro atoms. The van der Waals surface area contributed by atoms with Gasteiger partial charge < -0.3 is 15.2 Å². The Morgan fingerprint density at radius 2 is 1.89 bits per heavy atom. The van der Waals surface area contributed by atoms with Crippen LogP contribution in [0.5, 0.6) is 0 Å². The van der Waals surface area contributed by atoms with E-state index < -0.39 is 6.10 Å². The van der Waals surface area contributed by atoms with E-state index in [0.29, 0.717) is 31.2 Å². The van der Waals surface area contributed by atoms with Crippen molar-refractivity contribution in [3.63, 3.8) is 0 Å². The summed E-state index contributed by atoms with van der Waals surface area (Å²) in [6.45, 7) is 7.93. The number of hydrogen-bond donors (Lipinski definition) is 2. The third kappa shape index (κ3) is 5.68. The first-order valence-corrected chi connectivity index (χ1v) is 6.79. The monoisotopic (exact) mass is 269 g/mol. The zero-order valence-corrected chi connectivity index (χ0v) is 11.9. The van der Waals surface area contributed by atoms with Crippen molar-refractivity contribution in [2.75, 3.05) is 19.8 Å². The molecular weight excluding hydrogens is 245 g/mol. The van der Waals surface area contributed by atoms with Crippen LogP contribution in [0.3, 0.4) is 0 Å². The predicted octanol–water partition coefficient (Wildman–Crippen LogP) is 2.51. The lowest BCUT2D eigenvalue weighted by molar-refractivity contribution is 0.0970. The molecule has 0 bridgehead atoms. The average Bonchev–Trinajstić information content (AvgIpc) is 2.39. The smallest absolute Gasteiger partial charge is 0.123 e. The van der Waals surface area contributed by atoms with E-state index in [1.807, 2.05) is 6.92 Å². The Labute approximate surface area is 114 Å². The predicted molar refractivity (Wildman–Crippen MR) is 74.5 cm³/mol. The summed E-state index contributed by atoms with van der Waals surface area (Å²) in [5.74, 6) is 0.132. The van der Waals surface area contributed by atoms with Crippen LogP contribution in [0.2, 0.25) is 0 Å². The lowest BCUT2D eigenvalue weighted by Gasteiger charge is -2.24. The molecule has 0 aliphatic carbocycles. The largest absolute Gasteiger partial charge is 0.387 e. The zero-order valence-electron chi connectivity index (χ0n) is 11.9. The second-order valence-corrected chi connectivity index (χ2v) is 4.99. The summed E-state index contributed by atoms with van der Waals surface area (Å²) in [4.78, 5) is 0. The summed E-state index contributed by atoms with van der Waals surface area (Å²) < 4.78 is 18.2. The van der Waals surface area contributed by atoms with Crippen LogP contribution >= 0.6 is 0 Å². The van der Waals surface area contributed by atoms with Gasteiger partial charge in [-0.1, -0.05) is 26.0 Å². The minimum Gasteiger partial charge on any atom is -0.387 e. The molecule has 0 fully saturated rings. The third-order valence-electron chi connectivity index (χ3n) is 3.13. The molecule has 0 aromatic heterocycles. The highest BCUT2D eigenvalue weighted by Gasteiger charge is 2.15. The van der Waals surface area contributed by atoms with Gasteiger partial charge in [-0.25, -0.2) is 4.39 Å². The van der Waals surface area contributed by atoms with Crippen LogP contribution in [0.4, 0.5) is 4.39 Å². The molecule has 1 aromatic carbocycles. The fraction of sp³-hybridized carbons (Fsp3) is 0.600. The molecule has 0 aliphatic rings. The Kier molecular flexibility index (Phi) is 6.99. The fourth-order valence-electron chi connectivity index (χ4n) is 1.80. The number of halogens is 1. The topological polar surface area (TPSA) is 41.5 Å². The van der Waals surface area contributed by atoms with Crippen LogP contribution in [0.25, 0.3) is 0 Å². The second-order valence-electron chi connectivity index (χ2n) is 4.99. The highest BCUT2D eigenvalue weighted by atomic mass is 19.1. The average molecular weight is 269 g/mol. The van der Waals surface area contributed by atoms with Crippen molar-refractivity contribution in [3.8, 4) is 0 Å². The summed E-state index contributed by atoms with van der Waals surface area (Å²) in [7, 11) is 0. The van der Waals surface area contributed by atoms with Crippen molar-refractivity contribution in [1.82, 2.24) is 5.32 Å². The fourth-order valence-corrected chi connectivity index (χ4v) is 1.80. The maximum Gasteiger partial charge on any atom is 0.123 e. The lowest BCUT2D eigenvalue weighted by atomic mass is 10.0. The Morgan fingerprint density at radius 3 is 2.42 bits per heavy atom. The molecule has 2 atom stereocenters. The molecule has 2 N–H and O–H groups in total. The van der Waals surface area contributed by atoms with E-state index in [-0.39, 0.29) is 11.9 Å². The van der Waals surface area contributed by atoms with E-state index in [4.69, 9.17) is 4.74 Å². The molecule has 19 heavy (non-hydrogen) atoms. The van der Waals surface area contributed by atoms with Crippen molar-refractivity contribution in [3.05, 3.63) is 35.6 Å². The van der Waals surface area contributed by atoms with E-state index in [1.54, 1.807) is 12.1 Å². The van der Waals surface area contributed by atoms with Crippen molar-refractivity contribution in [1.29, 1.82) is 0 Å². The Bertz CT molecular complexity index is 354. The second kappa shape index (κ2) is 8.25. The zero-order chi connectivity index (χ0) is 14.3. The summed E-state index contributed by atoms with van der Waals surface area (Å²) in [6.07, 6.45) is -0.636. The maximum atomic E-state index is 12.8. The van der Waals surface area contributed by atoms with Gasteiger partial charge in [0.05, 0.1) is 12.7 Å². The van der Waals surface area contributed by atoms with Gasteiger partial charge in [-0.15, -0.1) is 0 Å². The van der Waals surface area contributed by atoms with E-state index in [0.717, 1.165) is 0 Å². The minimum absolute atomic E-state index is 0.204. The van der Waals surface area contributed by atoms with Crippen LogP contribution in [-0.4, -0.2) is 30.9 Å². The first kappa shape index (κ1) is 16.1. The van der Waals surface area contributed by atoms with E-state index >= 15 is 0 Å². The van der Waals surface area contributed by atoms with Gasteiger partial charge >= 0.3 is 0 Å². The summed E-state index contributed by atoms with van der Waals surface area (Å²) in [5.41, 5.74) is 0.716. The van der Waals surface area contributed by atoms with E-state index in [2.05, 4.69) is 19.2 Å². The summed E-state index contributed by atoms with van der Waals surface area (Å²) in [5, 5.41) is 13.3. The van der Waals surface area contributed by atoms with Gasteiger partial charge in [0.15, 0.2) is 0 Å². The molecule has 0 saturated heterocycles. The van der Waals surface area contributed by atoms with Crippen molar-refractivity contribution < 1.29 is 14.2 Å². The highest BCUT2D eigenvalue weighted by molar-refractivity contribution is 5.18. The van der Waals surface area contributed by atoms with E-state index in [1.165, 1.54) is 12.1 Å². The van der Waals surface area contributed by atoms with Crippen LogP contribution in [-0.2, 0) is 4.74 Å². The number of hydrogen-bond acceptors (Lipinski definition) is 3. The molecule has 0 aliphatic heterocycles. The number of nitrogens with one attached hydrogen (secondary N) is 1. The molecule has 2 unspecified atom stereocenters. The standard InChI is InChI=1S/C15H24FNO2/c1-4-19-10-14(11(2)3)17-9-15(18)12-5-7-13(16)8-6-12/h5-8,11,14-15,17-18H,4,9-10H2,1-3H3. The SMILES string of the molecule is CCOCC(NCC(O)c1ccc(F)cc1)C(C)C. The molecule has 3 nitrogen and oxygen atoms in total. The van der Waals surface area contributed by atoms with Gasteiger partial charge in [0.1, 0.15) is 5.82 Å². The van der Waals surface area contributed by atoms with Gasteiger partial charge in [0.2, 0.25) is 0 Å². The number of aliphatic hydroxyl groups is 1. The molecule has 1 rings (SSSR count). The first-order chi connectivity index (χ1) is 9.04. The number of aliphatic hydroxyl groups excluding tert-OH is 1. The normalized spacial score (nSPS) is 14.6.